The van der Waals surface area contributed by atoms with Gasteiger partial charge in [-0.2, -0.15) is 0 Å². The number of benzene rings is 2. The lowest BCUT2D eigenvalue weighted by Gasteiger charge is -2.18. The molecular weight excluding hydrogens is 430 g/mol. The number of likely N-dealkylation sites (N-methyl/N-ethyl adjacent to an activating group) is 1. The molecule has 0 aliphatic rings. The van der Waals surface area contributed by atoms with Gasteiger partial charge < -0.3 is 21.3 Å². The number of hydrogen-bond donors (Lipinski definition) is 3. The van der Waals surface area contributed by atoms with Crippen molar-refractivity contribution in [1.29, 1.82) is 0 Å². The molecule has 1 atom stereocenters. The Morgan fingerprint density at radius 3 is 2.66 bits per heavy atom. The first-order valence-corrected chi connectivity index (χ1v) is 10.6. The summed E-state index contributed by atoms with van der Waals surface area (Å²) in [5, 5.41) is 5.52. The molecule has 10 heteroatoms. The third-order valence-corrected chi connectivity index (χ3v) is 5.58. The Kier molecular flexibility index (Phi) is 7.63. The SMILES string of the molecule is CN(CC(=O)Nc1nc2ccc(C=O)cc2s1)C(=O)CNC(=O)[C@@H](N)Cc1ccccc1. The van der Waals surface area contributed by atoms with Gasteiger partial charge >= 0.3 is 0 Å². The molecule has 4 N–H and O–H groups in total. The fourth-order valence-electron chi connectivity index (χ4n) is 2.92. The van der Waals surface area contributed by atoms with Crippen molar-refractivity contribution >= 4 is 50.7 Å². The van der Waals surface area contributed by atoms with Crippen LogP contribution in [0.5, 0.6) is 0 Å². The molecule has 0 saturated carbocycles. The van der Waals surface area contributed by atoms with Crippen molar-refractivity contribution in [2.24, 2.45) is 5.73 Å². The van der Waals surface area contributed by atoms with Gasteiger partial charge in [0, 0.05) is 12.6 Å². The van der Waals surface area contributed by atoms with Gasteiger partial charge in [-0.05, 0) is 30.2 Å². The smallest absolute Gasteiger partial charge is 0.245 e. The van der Waals surface area contributed by atoms with Gasteiger partial charge in [-0.3, -0.25) is 19.2 Å². The van der Waals surface area contributed by atoms with E-state index in [1.165, 1.54) is 23.3 Å². The lowest BCUT2D eigenvalue weighted by Crippen LogP contribution is -2.47. The second-order valence-electron chi connectivity index (χ2n) is 7.18. The molecule has 0 unspecified atom stereocenters. The van der Waals surface area contributed by atoms with E-state index in [1.54, 1.807) is 18.2 Å². The fraction of sp³-hybridized carbons (Fsp3) is 0.227. The van der Waals surface area contributed by atoms with Gasteiger partial charge in [-0.25, -0.2) is 4.98 Å². The van der Waals surface area contributed by atoms with Crippen LogP contribution in [0.1, 0.15) is 15.9 Å². The summed E-state index contributed by atoms with van der Waals surface area (Å²) in [6.45, 7) is -0.471. The Hall–Kier alpha value is -3.63. The van der Waals surface area contributed by atoms with Gasteiger partial charge in [-0.15, -0.1) is 0 Å². The molecule has 0 saturated heterocycles. The molecule has 2 aromatic carbocycles. The molecule has 0 aliphatic carbocycles. The molecule has 32 heavy (non-hydrogen) atoms. The molecule has 166 valence electrons. The first-order chi connectivity index (χ1) is 15.4. The van der Waals surface area contributed by atoms with Crippen molar-refractivity contribution in [2.75, 3.05) is 25.5 Å². The number of amides is 3. The zero-order chi connectivity index (χ0) is 23.1. The fourth-order valence-corrected chi connectivity index (χ4v) is 3.85. The van der Waals surface area contributed by atoms with Crippen LogP contribution in [-0.4, -0.2) is 60.1 Å². The molecule has 3 rings (SSSR count). The van der Waals surface area contributed by atoms with Crippen LogP contribution in [0.3, 0.4) is 0 Å². The molecule has 0 spiro atoms. The van der Waals surface area contributed by atoms with Crippen LogP contribution < -0.4 is 16.4 Å². The van der Waals surface area contributed by atoms with Crippen LogP contribution in [0.15, 0.2) is 48.5 Å². The number of carbonyl (C=O) groups is 4. The summed E-state index contributed by atoms with van der Waals surface area (Å²) in [4.78, 5) is 53.1. The van der Waals surface area contributed by atoms with Crippen molar-refractivity contribution in [3.05, 3.63) is 59.7 Å². The molecule has 9 nitrogen and oxygen atoms in total. The predicted molar refractivity (Wildman–Crippen MR) is 122 cm³/mol. The van der Waals surface area contributed by atoms with E-state index in [-0.39, 0.29) is 13.1 Å². The summed E-state index contributed by atoms with van der Waals surface area (Å²) in [5.74, 6) is -1.30. The van der Waals surface area contributed by atoms with E-state index in [0.717, 1.165) is 16.5 Å². The summed E-state index contributed by atoms with van der Waals surface area (Å²) in [6.07, 6.45) is 1.10. The number of thiazole rings is 1. The minimum atomic E-state index is -0.780. The summed E-state index contributed by atoms with van der Waals surface area (Å²) < 4.78 is 0.767. The maximum absolute atomic E-state index is 12.3. The summed E-state index contributed by atoms with van der Waals surface area (Å²) >= 11 is 1.23. The van der Waals surface area contributed by atoms with Crippen molar-refractivity contribution < 1.29 is 19.2 Å². The van der Waals surface area contributed by atoms with Gasteiger partial charge in [0.2, 0.25) is 17.7 Å². The Morgan fingerprint density at radius 2 is 1.94 bits per heavy atom. The van der Waals surface area contributed by atoms with Gasteiger partial charge in [0.25, 0.3) is 0 Å². The third kappa shape index (κ3) is 6.19. The number of nitrogens with one attached hydrogen (secondary N) is 2. The highest BCUT2D eigenvalue weighted by molar-refractivity contribution is 7.22. The Labute approximate surface area is 188 Å². The van der Waals surface area contributed by atoms with E-state index in [0.29, 0.717) is 22.6 Å². The first-order valence-electron chi connectivity index (χ1n) is 9.82. The molecule has 1 heterocycles. The Morgan fingerprint density at radius 1 is 1.19 bits per heavy atom. The number of aldehydes is 1. The number of aromatic nitrogens is 1. The number of nitrogens with two attached hydrogens (primary N) is 1. The zero-order valence-electron chi connectivity index (χ0n) is 17.4. The first kappa shape index (κ1) is 23.0. The molecule has 1 aromatic heterocycles. The van der Waals surface area contributed by atoms with Crippen LogP contribution in [0, 0.1) is 0 Å². The van der Waals surface area contributed by atoms with Gasteiger partial charge in [0.15, 0.2) is 5.13 Å². The van der Waals surface area contributed by atoms with E-state index in [4.69, 9.17) is 5.73 Å². The summed E-state index contributed by atoms with van der Waals surface area (Å²) in [5.41, 5.74) is 8.01. The standard InChI is InChI=1S/C22H23N5O4S/c1-27(20(30)11-24-21(31)16(23)9-14-5-3-2-4-6-14)12-19(29)26-22-25-17-8-7-15(13-28)10-18(17)32-22/h2-8,10,13,16H,9,11-12,23H2,1H3,(H,24,31)(H,25,26,29)/t16-/m0/s1. The zero-order valence-corrected chi connectivity index (χ0v) is 18.2. The number of anilines is 1. The monoisotopic (exact) mass is 453 g/mol. The highest BCUT2D eigenvalue weighted by Crippen LogP contribution is 2.26. The van der Waals surface area contributed by atoms with Gasteiger partial charge in [0.05, 0.1) is 29.3 Å². The van der Waals surface area contributed by atoms with E-state index in [9.17, 15) is 19.2 Å². The maximum atomic E-state index is 12.3. The third-order valence-electron chi connectivity index (χ3n) is 4.65. The average Bonchev–Trinajstić information content (AvgIpc) is 3.18. The largest absolute Gasteiger partial charge is 0.346 e. The minimum absolute atomic E-state index is 0.208. The lowest BCUT2D eigenvalue weighted by molar-refractivity contribution is -0.134. The molecular formula is C22H23N5O4S. The lowest BCUT2D eigenvalue weighted by atomic mass is 10.1. The maximum Gasteiger partial charge on any atom is 0.245 e. The van der Waals surface area contributed by atoms with Crippen LogP contribution in [-0.2, 0) is 20.8 Å². The quantitative estimate of drug-likeness (QED) is 0.417. The highest BCUT2D eigenvalue weighted by atomic mass is 32.1. The Bertz CT molecular complexity index is 1130. The van der Waals surface area contributed by atoms with E-state index >= 15 is 0 Å². The molecule has 0 fully saturated rings. The predicted octanol–water partition coefficient (Wildman–Crippen LogP) is 1.19. The van der Waals surface area contributed by atoms with Crippen LogP contribution >= 0.6 is 11.3 Å². The molecule has 3 aromatic rings. The van der Waals surface area contributed by atoms with Gasteiger partial charge in [0.1, 0.15) is 6.29 Å². The average molecular weight is 454 g/mol. The molecule has 0 aliphatic heterocycles. The number of nitrogens with zero attached hydrogens (tertiary/aromatic N) is 2. The van der Waals surface area contributed by atoms with Crippen LogP contribution in [0.4, 0.5) is 5.13 Å². The molecule has 3 amide bonds. The topological polar surface area (TPSA) is 134 Å². The van der Waals surface area contributed by atoms with Crippen molar-refractivity contribution in [3.63, 3.8) is 0 Å². The van der Waals surface area contributed by atoms with E-state index in [1.807, 2.05) is 30.3 Å². The van der Waals surface area contributed by atoms with Gasteiger partial charge in [-0.1, -0.05) is 41.7 Å². The summed E-state index contributed by atoms with van der Waals surface area (Å²) in [7, 11) is 1.46. The second-order valence-corrected chi connectivity index (χ2v) is 8.21. The summed E-state index contributed by atoms with van der Waals surface area (Å²) in [6, 6.07) is 13.6. The van der Waals surface area contributed by atoms with Crippen molar-refractivity contribution in [1.82, 2.24) is 15.2 Å². The number of fused-ring (bicyclic) bond motifs is 1. The minimum Gasteiger partial charge on any atom is -0.346 e. The second kappa shape index (κ2) is 10.6. The number of carbonyl (C=O) groups excluding carboxylic acids is 4. The normalized spacial score (nSPS) is 11.6. The van der Waals surface area contributed by atoms with E-state index < -0.39 is 23.8 Å². The van der Waals surface area contributed by atoms with Crippen LogP contribution in [0.25, 0.3) is 10.2 Å². The Balaban J connectivity index is 1.45. The molecule has 0 bridgehead atoms. The number of rotatable bonds is 9. The van der Waals surface area contributed by atoms with E-state index in [2.05, 4.69) is 15.6 Å². The highest BCUT2D eigenvalue weighted by Gasteiger charge is 2.18. The number of hydrogen-bond acceptors (Lipinski definition) is 7. The van der Waals surface area contributed by atoms with Crippen molar-refractivity contribution in [2.45, 2.75) is 12.5 Å². The molecule has 0 radical (unpaired) electrons. The van der Waals surface area contributed by atoms with Crippen LogP contribution in [0.2, 0.25) is 0 Å². The van der Waals surface area contributed by atoms with Crippen molar-refractivity contribution in [3.8, 4) is 0 Å².